The maximum atomic E-state index is 11.3. The number of unbranched alkanes of at least 4 members (excludes halogenated alkanes) is 1. The van der Waals surface area contributed by atoms with Crippen molar-refractivity contribution in [3.8, 4) is 5.88 Å². The number of pyridine rings is 1. The normalized spacial score (nSPS) is 12.1. The maximum Gasteiger partial charge on any atom is 0.254 e. The molecule has 1 rings (SSSR count). The molecule has 0 fully saturated rings. The van der Waals surface area contributed by atoms with Gasteiger partial charge in [-0.1, -0.05) is 33.1 Å². The Bertz CT molecular complexity index is 421. The van der Waals surface area contributed by atoms with Gasteiger partial charge in [0.2, 0.25) is 5.88 Å². The lowest BCUT2D eigenvalue weighted by atomic mass is 10.0. The summed E-state index contributed by atoms with van der Waals surface area (Å²) in [6.45, 7) is 4.85. The summed E-state index contributed by atoms with van der Waals surface area (Å²) < 4.78 is 5.64. The number of amides is 1. The second-order valence-electron chi connectivity index (χ2n) is 4.71. The van der Waals surface area contributed by atoms with Crippen molar-refractivity contribution in [1.29, 1.82) is 0 Å². The summed E-state index contributed by atoms with van der Waals surface area (Å²) in [5, 5.41) is 0. The first-order valence-corrected chi connectivity index (χ1v) is 6.76. The van der Waals surface area contributed by atoms with Crippen LogP contribution >= 0.6 is 0 Å². The number of hydrogen-bond acceptors (Lipinski definition) is 4. The van der Waals surface area contributed by atoms with E-state index < -0.39 is 5.91 Å². The third kappa shape index (κ3) is 4.77. The standard InChI is InChI=1S/C14H23N3O2/c1-3-5-6-10(4-2)9-19-14-12(13(16)18)7-11(15)8-17-14/h7-8,10H,3-6,9,15H2,1-2H3,(H2,16,18). The van der Waals surface area contributed by atoms with Crippen molar-refractivity contribution in [3.05, 3.63) is 17.8 Å². The summed E-state index contributed by atoms with van der Waals surface area (Å²) >= 11 is 0. The van der Waals surface area contributed by atoms with E-state index in [1.165, 1.54) is 25.1 Å². The Kier molecular flexibility index (Phi) is 6.12. The van der Waals surface area contributed by atoms with Gasteiger partial charge in [0.25, 0.3) is 5.91 Å². The fourth-order valence-corrected chi connectivity index (χ4v) is 1.85. The van der Waals surface area contributed by atoms with Crippen molar-refractivity contribution in [2.75, 3.05) is 12.3 Å². The largest absolute Gasteiger partial charge is 0.477 e. The molecule has 0 radical (unpaired) electrons. The van der Waals surface area contributed by atoms with Crippen LogP contribution < -0.4 is 16.2 Å². The topological polar surface area (TPSA) is 91.2 Å². The minimum atomic E-state index is -0.573. The number of nitrogen functional groups attached to an aromatic ring is 1. The molecule has 0 saturated heterocycles. The van der Waals surface area contributed by atoms with Crippen molar-refractivity contribution in [3.63, 3.8) is 0 Å². The van der Waals surface area contributed by atoms with Crippen molar-refractivity contribution in [1.82, 2.24) is 4.98 Å². The number of carbonyl (C=O) groups is 1. The molecule has 19 heavy (non-hydrogen) atoms. The second kappa shape index (κ2) is 7.61. The Balaban J connectivity index is 2.68. The molecule has 5 heteroatoms. The molecular weight excluding hydrogens is 242 g/mol. The Morgan fingerprint density at radius 3 is 2.79 bits per heavy atom. The average molecular weight is 265 g/mol. The number of rotatable bonds is 8. The van der Waals surface area contributed by atoms with Crippen LogP contribution in [0.2, 0.25) is 0 Å². The predicted octanol–water partition coefficient (Wildman–Crippen LogP) is 2.36. The first-order valence-electron chi connectivity index (χ1n) is 6.76. The van der Waals surface area contributed by atoms with Crippen molar-refractivity contribution in [2.24, 2.45) is 11.7 Å². The highest BCUT2D eigenvalue weighted by atomic mass is 16.5. The van der Waals surface area contributed by atoms with Crippen LogP contribution in [0.1, 0.15) is 49.9 Å². The molecule has 1 atom stereocenters. The van der Waals surface area contributed by atoms with Crippen LogP contribution in [0.5, 0.6) is 5.88 Å². The monoisotopic (exact) mass is 265 g/mol. The highest BCUT2D eigenvalue weighted by Crippen LogP contribution is 2.20. The van der Waals surface area contributed by atoms with E-state index in [1.807, 2.05) is 0 Å². The fraction of sp³-hybridized carbons (Fsp3) is 0.571. The lowest BCUT2D eigenvalue weighted by Crippen LogP contribution is -2.17. The van der Waals surface area contributed by atoms with E-state index >= 15 is 0 Å². The first kappa shape index (κ1) is 15.3. The van der Waals surface area contributed by atoms with Crippen molar-refractivity contribution < 1.29 is 9.53 Å². The first-order chi connectivity index (χ1) is 9.08. The van der Waals surface area contributed by atoms with Crippen molar-refractivity contribution >= 4 is 11.6 Å². The summed E-state index contributed by atoms with van der Waals surface area (Å²) in [4.78, 5) is 15.3. The van der Waals surface area contributed by atoms with Crippen LogP contribution in [-0.4, -0.2) is 17.5 Å². The van der Waals surface area contributed by atoms with Gasteiger partial charge in [-0.2, -0.15) is 0 Å². The van der Waals surface area contributed by atoms with Crippen LogP contribution in [0.4, 0.5) is 5.69 Å². The van der Waals surface area contributed by atoms with Crippen LogP contribution in [0.3, 0.4) is 0 Å². The van der Waals surface area contributed by atoms with E-state index in [0.29, 0.717) is 18.2 Å². The summed E-state index contributed by atoms with van der Waals surface area (Å²) in [5.41, 5.74) is 11.5. The second-order valence-corrected chi connectivity index (χ2v) is 4.71. The number of ether oxygens (including phenoxy) is 1. The highest BCUT2D eigenvalue weighted by molar-refractivity contribution is 5.95. The number of nitrogens with two attached hydrogens (primary N) is 2. The van der Waals surface area contributed by atoms with Gasteiger partial charge >= 0.3 is 0 Å². The van der Waals surface area contributed by atoms with Gasteiger partial charge in [-0.25, -0.2) is 4.98 Å². The van der Waals surface area contributed by atoms with Gasteiger partial charge in [0, 0.05) is 0 Å². The molecule has 1 aromatic heterocycles. The molecule has 1 aromatic rings. The molecule has 0 spiro atoms. The summed E-state index contributed by atoms with van der Waals surface area (Å²) in [6.07, 6.45) is 5.98. The fourth-order valence-electron chi connectivity index (χ4n) is 1.85. The lowest BCUT2D eigenvalue weighted by Gasteiger charge is -2.16. The Morgan fingerprint density at radius 2 is 2.21 bits per heavy atom. The Morgan fingerprint density at radius 1 is 1.47 bits per heavy atom. The molecule has 0 aromatic carbocycles. The van der Waals surface area contributed by atoms with Crippen LogP contribution in [-0.2, 0) is 0 Å². The average Bonchev–Trinajstić information content (AvgIpc) is 2.40. The molecule has 1 unspecified atom stereocenters. The molecule has 106 valence electrons. The quantitative estimate of drug-likeness (QED) is 0.754. The van der Waals surface area contributed by atoms with Gasteiger partial charge in [0.1, 0.15) is 5.56 Å². The van der Waals surface area contributed by atoms with Gasteiger partial charge in [-0.05, 0) is 18.4 Å². The van der Waals surface area contributed by atoms with Gasteiger partial charge in [-0.3, -0.25) is 4.79 Å². The van der Waals surface area contributed by atoms with Crippen molar-refractivity contribution in [2.45, 2.75) is 39.5 Å². The number of carbonyl (C=O) groups excluding carboxylic acids is 1. The van der Waals surface area contributed by atoms with Crippen LogP contribution in [0.25, 0.3) is 0 Å². The van der Waals surface area contributed by atoms with E-state index in [-0.39, 0.29) is 11.4 Å². The molecule has 1 heterocycles. The molecule has 0 bridgehead atoms. The number of anilines is 1. The minimum absolute atomic E-state index is 0.241. The smallest absolute Gasteiger partial charge is 0.254 e. The molecule has 4 N–H and O–H groups in total. The molecule has 0 aliphatic carbocycles. The molecule has 1 amide bonds. The summed E-state index contributed by atoms with van der Waals surface area (Å²) in [6, 6.07) is 1.50. The summed E-state index contributed by atoms with van der Waals surface area (Å²) in [7, 11) is 0. The van der Waals surface area contributed by atoms with Crippen LogP contribution in [0, 0.1) is 5.92 Å². The van der Waals surface area contributed by atoms with E-state index in [0.717, 1.165) is 12.8 Å². The molecule has 0 saturated carbocycles. The molecule has 0 aliphatic heterocycles. The Hall–Kier alpha value is -1.78. The van der Waals surface area contributed by atoms with Gasteiger partial charge in [-0.15, -0.1) is 0 Å². The van der Waals surface area contributed by atoms with Gasteiger partial charge in [0.05, 0.1) is 18.5 Å². The highest BCUT2D eigenvalue weighted by Gasteiger charge is 2.14. The lowest BCUT2D eigenvalue weighted by molar-refractivity contribution is 0.0994. The van der Waals surface area contributed by atoms with E-state index in [2.05, 4.69) is 18.8 Å². The SMILES string of the molecule is CCCCC(CC)COc1ncc(N)cc1C(N)=O. The predicted molar refractivity (Wildman–Crippen MR) is 76.0 cm³/mol. The molecule has 5 nitrogen and oxygen atoms in total. The Labute approximate surface area is 114 Å². The minimum Gasteiger partial charge on any atom is -0.477 e. The molecular formula is C14H23N3O2. The number of hydrogen-bond donors (Lipinski definition) is 2. The number of nitrogens with zero attached hydrogens (tertiary/aromatic N) is 1. The van der Waals surface area contributed by atoms with E-state index in [4.69, 9.17) is 16.2 Å². The van der Waals surface area contributed by atoms with E-state index in [1.54, 1.807) is 0 Å². The third-order valence-electron chi connectivity index (χ3n) is 3.14. The third-order valence-corrected chi connectivity index (χ3v) is 3.14. The van der Waals surface area contributed by atoms with Gasteiger partial charge < -0.3 is 16.2 Å². The van der Waals surface area contributed by atoms with Crippen LogP contribution in [0.15, 0.2) is 12.3 Å². The molecule has 0 aliphatic rings. The zero-order valence-electron chi connectivity index (χ0n) is 11.7. The number of aromatic nitrogens is 1. The summed E-state index contributed by atoms with van der Waals surface area (Å²) in [5.74, 6) is 0.174. The number of primary amides is 1. The maximum absolute atomic E-state index is 11.3. The zero-order valence-corrected chi connectivity index (χ0v) is 11.7. The van der Waals surface area contributed by atoms with Gasteiger partial charge in [0.15, 0.2) is 0 Å². The van der Waals surface area contributed by atoms with E-state index in [9.17, 15) is 4.79 Å². The zero-order chi connectivity index (χ0) is 14.3.